The molecule has 0 unspecified atom stereocenters. The van der Waals surface area contributed by atoms with Crippen LogP contribution in [0.1, 0.15) is 41.6 Å². The average Bonchev–Trinajstić information content (AvgIpc) is 2.88. The van der Waals surface area contributed by atoms with Gasteiger partial charge in [0, 0.05) is 12.5 Å². The van der Waals surface area contributed by atoms with Gasteiger partial charge in [-0.2, -0.15) is 0 Å². The summed E-state index contributed by atoms with van der Waals surface area (Å²) in [6, 6.07) is 6.74. The van der Waals surface area contributed by atoms with E-state index in [4.69, 9.17) is 12.2 Å². The largest absolute Gasteiger partial charge is 0.550 e. The minimum Gasteiger partial charge on any atom is -0.550 e. The molecule has 1 heterocycles. The molecule has 1 saturated heterocycles. The van der Waals surface area contributed by atoms with Crippen LogP contribution in [0.25, 0.3) is 6.08 Å². The Hall–Kier alpha value is -2.19. The van der Waals surface area contributed by atoms with E-state index < -0.39 is 11.9 Å². The molecule has 1 aromatic rings. The van der Waals surface area contributed by atoms with E-state index in [1.807, 2.05) is 0 Å². The summed E-state index contributed by atoms with van der Waals surface area (Å²) >= 11 is 6.50. The second kappa shape index (κ2) is 9.49. The van der Waals surface area contributed by atoms with Crippen molar-refractivity contribution in [3.63, 3.8) is 0 Å². The monoisotopic (exact) mass is 392 g/mol. The summed E-state index contributed by atoms with van der Waals surface area (Å²) in [5, 5.41) is 10.4. The summed E-state index contributed by atoms with van der Waals surface area (Å²) in [7, 11) is 1.32. The van der Waals surface area contributed by atoms with Crippen molar-refractivity contribution in [3.05, 3.63) is 40.3 Å². The predicted octanol–water partition coefficient (Wildman–Crippen LogP) is 1.98. The number of hydrogen-bond acceptors (Lipinski definition) is 7. The van der Waals surface area contributed by atoms with Crippen LogP contribution in [0.3, 0.4) is 0 Å². The summed E-state index contributed by atoms with van der Waals surface area (Å²) in [4.78, 5) is 36.4. The molecule has 0 spiro atoms. The van der Waals surface area contributed by atoms with Crippen LogP contribution in [-0.4, -0.2) is 40.7 Å². The Balaban J connectivity index is 1.95. The first kappa shape index (κ1) is 20.1. The lowest BCUT2D eigenvalue weighted by Gasteiger charge is -2.14. The standard InChI is InChI=1S/C18H19NO5S2/c1-24-17(23)13-8-6-12(7-9-13)11-14-16(22)19(18(25)26-14)10-4-2-3-5-15(20)21/h6-9,11H,2-5,10H2,1H3,(H,20,21)/p-1/b14-11+. The van der Waals surface area contributed by atoms with E-state index in [2.05, 4.69) is 4.74 Å². The number of methoxy groups -OCH3 is 1. The number of carboxylic acid groups (broad SMARTS) is 1. The van der Waals surface area contributed by atoms with E-state index in [1.54, 1.807) is 30.3 Å². The molecule has 1 aromatic carbocycles. The maximum Gasteiger partial charge on any atom is 0.337 e. The molecule has 6 nitrogen and oxygen atoms in total. The molecule has 26 heavy (non-hydrogen) atoms. The zero-order valence-corrected chi connectivity index (χ0v) is 15.9. The number of aliphatic carboxylic acids is 1. The van der Waals surface area contributed by atoms with Crippen molar-refractivity contribution in [2.24, 2.45) is 0 Å². The van der Waals surface area contributed by atoms with Crippen LogP contribution in [0.2, 0.25) is 0 Å². The van der Waals surface area contributed by atoms with Crippen LogP contribution in [0.15, 0.2) is 29.2 Å². The van der Waals surface area contributed by atoms with Crippen LogP contribution in [0.5, 0.6) is 0 Å². The maximum atomic E-state index is 12.5. The fourth-order valence-corrected chi connectivity index (χ4v) is 3.70. The highest BCUT2D eigenvalue weighted by Gasteiger charge is 2.31. The van der Waals surface area contributed by atoms with Gasteiger partial charge in [-0.25, -0.2) is 4.79 Å². The molecule has 0 aromatic heterocycles. The number of carbonyl (C=O) groups is 3. The van der Waals surface area contributed by atoms with E-state index >= 15 is 0 Å². The van der Waals surface area contributed by atoms with Crippen molar-refractivity contribution in [1.29, 1.82) is 0 Å². The molecule has 1 amide bonds. The molecule has 0 atom stereocenters. The fraction of sp³-hybridized carbons (Fsp3) is 0.333. The van der Waals surface area contributed by atoms with Crippen molar-refractivity contribution in [2.75, 3.05) is 13.7 Å². The third-order valence-electron chi connectivity index (χ3n) is 3.77. The molecule has 0 N–H and O–H groups in total. The van der Waals surface area contributed by atoms with Crippen LogP contribution in [0.4, 0.5) is 0 Å². The number of nitrogens with zero attached hydrogens (tertiary/aromatic N) is 1. The quantitative estimate of drug-likeness (QED) is 0.289. The second-order valence-corrected chi connectivity index (χ2v) is 7.31. The Bertz CT molecular complexity index is 742. The van der Waals surface area contributed by atoms with Gasteiger partial charge in [0.1, 0.15) is 4.32 Å². The Morgan fingerprint density at radius 3 is 2.54 bits per heavy atom. The predicted molar refractivity (Wildman–Crippen MR) is 101 cm³/mol. The Morgan fingerprint density at radius 1 is 1.23 bits per heavy atom. The number of thiocarbonyl (C=S) groups is 1. The van der Waals surface area contributed by atoms with Crippen molar-refractivity contribution < 1.29 is 24.2 Å². The molecule has 2 rings (SSSR count). The number of carboxylic acids is 1. The van der Waals surface area contributed by atoms with Gasteiger partial charge in [-0.1, -0.05) is 42.5 Å². The lowest BCUT2D eigenvalue weighted by Crippen LogP contribution is -2.29. The summed E-state index contributed by atoms with van der Waals surface area (Å²) < 4.78 is 5.14. The lowest BCUT2D eigenvalue weighted by molar-refractivity contribution is -0.305. The SMILES string of the molecule is COC(=O)c1ccc(/C=C2/SC(=S)N(CCCCCC(=O)[O-])C2=O)cc1. The van der Waals surface area contributed by atoms with Gasteiger partial charge in [-0.15, -0.1) is 0 Å². The van der Waals surface area contributed by atoms with Crippen molar-refractivity contribution in [1.82, 2.24) is 4.90 Å². The number of ether oxygens (including phenoxy) is 1. The van der Waals surface area contributed by atoms with Gasteiger partial charge >= 0.3 is 5.97 Å². The summed E-state index contributed by atoms with van der Waals surface area (Å²) in [5.41, 5.74) is 1.22. The third-order valence-corrected chi connectivity index (χ3v) is 5.14. The van der Waals surface area contributed by atoms with E-state index in [9.17, 15) is 19.5 Å². The number of amides is 1. The van der Waals surface area contributed by atoms with E-state index in [1.165, 1.54) is 23.8 Å². The van der Waals surface area contributed by atoms with Crippen LogP contribution >= 0.6 is 24.0 Å². The molecule has 8 heteroatoms. The first-order valence-electron chi connectivity index (χ1n) is 8.06. The van der Waals surface area contributed by atoms with Gasteiger partial charge < -0.3 is 14.6 Å². The van der Waals surface area contributed by atoms with Gasteiger partial charge in [-0.3, -0.25) is 9.69 Å². The molecular weight excluding hydrogens is 374 g/mol. The maximum absolute atomic E-state index is 12.5. The van der Waals surface area contributed by atoms with Crippen LogP contribution in [-0.2, 0) is 14.3 Å². The smallest absolute Gasteiger partial charge is 0.337 e. The normalized spacial score (nSPS) is 15.6. The molecule has 0 saturated carbocycles. The van der Waals surface area contributed by atoms with Crippen LogP contribution < -0.4 is 5.11 Å². The zero-order valence-electron chi connectivity index (χ0n) is 14.2. The first-order chi connectivity index (χ1) is 12.4. The van der Waals surface area contributed by atoms with Gasteiger partial charge in [0.25, 0.3) is 5.91 Å². The minimum absolute atomic E-state index is 0.0276. The lowest BCUT2D eigenvalue weighted by atomic mass is 10.1. The molecule has 138 valence electrons. The zero-order chi connectivity index (χ0) is 19.1. The molecule has 0 bridgehead atoms. The van der Waals surface area contributed by atoms with E-state index in [-0.39, 0.29) is 12.3 Å². The Labute approximate surface area is 161 Å². The molecule has 0 aliphatic carbocycles. The highest BCUT2D eigenvalue weighted by atomic mass is 32.2. The molecule has 1 aliphatic heterocycles. The summed E-state index contributed by atoms with van der Waals surface area (Å²) in [5.74, 6) is -1.63. The number of unbranched alkanes of at least 4 members (excludes halogenated alkanes) is 2. The number of thioether (sulfide) groups is 1. The molecule has 1 fully saturated rings. The number of esters is 1. The highest BCUT2D eigenvalue weighted by molar-refractivity contribution is 8.26. The summed E-state index contributed by atoms with van der Waals surface area (Å²) in [6.45, 7) is 0.469. The van der Waals surface area contributed by atoms with Crippen molar-refractivity contribution in [2.45, 2.75) is 25.7 Å². The van der Waals surface area contributed by atoms with Crippen molar-refractivity contribution >= 4 is 52.2 Å². The van der Waals surface area contributed by atoms with Crippen LogP contribution in [0, 0.1) is 0 Å². The van der Waals surface area contributed by atoms with Gasteiger partial charge in [0.15, 0.2) is 0 Å². The molecular formula is C18H18NO5S2-. The van der Waals surface area contributed by atoms with Gasteiger partial charge in [0.05, 0.1) is 17.6 Å². The van der Waals surface area contributed by atoms with Crippen molar-refractivity contribution in [3.8, 4) is 0 Å². The topological polar surface area (TPSA) is 86.7 Å². The first-order valence-corrected chi connectivity index (χ1v) is 9.28. The van der Waals surface area contributed by atoms with Gasteiger partial charge in [0.2, 0.25) is 0 Å². The van der Waals surface area contributed by atoms with E-state index in [0.29, 0.717) is 40.6 Å². The highest BCUT2D eigenvalue weighted by Crippen LogP contribution is 2.32. The number of hydrogen-bond donors (Lipinski definition) is 0. The molecule has 1 aliphatic rings. The van der Waals surface area contributed by atoms with E-state index in [0.717, 1.165) is 5.56 Å². The number of rotatable bonds is 8. The minimum atomic E-state index is -1.06. The summed E-state index contributed by atoms with van der Waals surface area (Å²) in [6.07, 6.45) is 3.66. The second-order valence-electron chi connectivity index (χ2n) is 5.63. The fourth-order valence-electron chi connectivity index (χ4n) is 2.39. The Kier molecular flexibility index (Phi) is 7.35. The third kappa shape index (κ3) is 5.40. The van der Waals surface area contributed by atoms with Gasteiger partial charge in [-0.05, 0) is 43.0 Å². The number of benzene rings is 1. The molecule has 0 radical (unpaired) electrons. The average molecular weight is 392 g/mol. The number of carbonyl (C=O) groups excluding carboxylic acids is 3. The Morgan fingerprint density at radius 2 is 1.92 bits per heavy atom.